The molecule has 0 aliphatic carbocycles. The number of nitrogens with one attached hydrogen (secondary N) is 1. The third-order valence-corrected chi connectivity index (χ3v) is 3.21. The second kappa shape index (κ2) is 6.88. The third kappa shape index (κ3) is 4.34. The Hall–Kier alpha value is -1.36. The first-order valence-electron chi connectivity index (χ1n) is 6.22. The Kier molecular flexibility index (Phi) is 5.17. The fourth-order valence-corrected chi connectivity index (χ4v) is 1.78. The summed E-state index contributed by atoms with van der Waals surface area (Å²) < 4.78 is 5.62. The predicted octanol–water partition coefficient (Wildman–Crippen LogP) is 4.07. The molecule has 6 heteroatoms. The largest absolute Gasteiger partial charge is 0.437 e. The quantitative estimate of drug-likeness (QED) is 0.904. The Morgan fingerprint density at radius 1 is 1.20 bits per heavy atom. The summed E-state index contributed by atoms with van der Waals surface area (Å²) in [5.74, 6) is 0.995. The van der Waals surface area contributed by atoms with Crippen molar-refractivity contribution in [3.8, 4) is 11.6 Å². The van der Waals surface area contributed by atoms with Crippen LogP contribution in [-0.4, -0.2) is 16.0 Å². The second-order valence-corrected chi connectivity index (χ2v) is 5.38. The summed E-state index contributed by atoms with van der Waals surface area (Å²) in [5.41, 5.74) is 0.816. The van der Waals surface area contributed by atoms with Crippen LogP contribution in [0.2, 0.25) is 10.0 Å². The van der Waals surface area contributed by atoms with Crippen molar-refractivity contribution in [1.82, 2.24) is 15.3 Å². The molecule has 0 radical (unpaired) electrons. The Morgan fingerprint density at radius 3 is 2.70 bits per heavy atom. The van der Waals surface area contributed by atoms with Crippen LogP contribution >= 0.6 is 23.2 Å². The van der Waals surface area contributed by atoms with E-state index in [1.54, 1.807) is 30.6 Å². The third-order valence-electron chi connectivity index (χ3n) is 2.47. The highest BCUT2D eigenvalue weighted by atomic mass is 35.5. The van der Waals surface area contributed by atoms with Crippen molar-refractivity contribution in [1.29, 1.82) is 0 Å². The second-order valence-electron chi connectivity index (χ2n) is 4.56. The van der Waals surface area contributed by atoms with Gasteiger partial charge in [0.2, 0.25) is 5.88 Å². The van der Waals surface area contributed by atoms with Gasteiger partial charge in [-0.05, 0) is 12.1 Å². The molecule has 0 bridgehead atoms. The van der Waals surface area contributed by atoms with Crippen LogP contribution in [0.4, 0.5) is 0 Å². The number of aromatic nitrogens is 2. The molecule has 2 aromatic rings. The molecule has 1 heterocycles. The van der Waals surface area contributed by atoms with Crippen LogP contribution in [0, 0.1) is 0 Å². The average molecular weight is 312 g/mol. The number of hydrogen-bond acceptors (Lipinski definition) is 4. The number of ether oxygens (including phenoxy) is 1. The molecular weight excluding hydrogens is 297 g/mol. The minimum absolute atomic E-state index is 0.386. The van der Waals surface area contributed by atoms with Crippen LogP contribution < -0.4 is 10.1 Å². The van der Waals surface area contributed by atoms with Gasteiger partial charge in [-0.15, -0.1) is 0 Å². The monoisotopic (exact) mass is 311 g/mol. The Morgan fingerprint density at radius 2 is 2.00 bits per heavy atom. The van der Waals surface area contributed by atoms with Gasteiger partial charge in [-0.1, -0.05) is 37.0 Å². The molecule has 0 saturated carbocycles. The van der Waals surface area contributed by atoms with Crippen molar-refractivity contribution in [3.05, 3.63) is 46.3 Å². The summed E-state index contributed by atoms with van der Waals surface area (Å²) >= 11 is 11.8. The van der Waals surface area contributed by atoms with Crippen LogP contribution in [0.25, 0.3) is 0 Å². The van der Waals surface area contributed by atoms with E-state index < -0.39 is 0 Å². The molecule has 1 N–H and O–H groups in total. The lowest BCUT2D eigenvalue weighted by molar-refractivity contribution is 0.455. The summed E-state index contributed by atoms with van der Waals surface area (Å²) in [6, 6.07) is 5.44. The summed E-state index contributed by atoms with van der Waals surface area (Å²) in [7, 11) is 0. The van der Waals surface area contributed by atoms with Gasteiger partial charge in [0.1, 0.15) is 5.75 Å². The minimum Gasteiger partial charge on any atom is -0.437 e. The molecule has 0 unspecified atom stereocenters. The molecule has 20 heavy (non-hydrogen) atoms. The highest BCUT2D eigenvalue weighted by Gasteiger charge is 2.05. The van der Waals surface area contributed by atoms with Crippen LogP contribution in [0.15, 0.2) is 30.6 Å². The average Bonchev–Trinajstić information content (AvgIpc) is 2.41. The van der Waals surface area contributed by atoms with Crippen LogP contribution in [0.5, 0.6) is 11.6 Å². The number of nitrogens with zero attached hydrogens (tertiary/aromatic N) is 2. The number of rotatable bonds is 5. The standard InChI is InChI=1S/C14H15Cl2N3O/c1-9(2)18-7-10-6-17-8-14(19-10)20-11-3-4-12(15)13(16)5-11/h3-6,8-9,18H,7H2,1-2H3. The van der Waals surface area contributed by atoms with E-state index in [4.69, 9.17) is 27.9 Å². The highest BCUT2D eigenvalue weighted by molar-refractivity contribution is 6.42. The topological polar surface area (TPSA) is 47.0 Å². The summed E-state index contributed by atoms with van der Waals surface area (Å²) in [5, 5.41) is 4.20. The van der Waals surface area contributed by atoms with Crippen molar-refractivity contribution in [3.63, 3.8) is 0 Å². The lowest BCUT2D eigenvalue weighted by Crippen LogP contribution is -2.22. The zero-order valence-electron chi connectivity index (χ0n) is 11.2. The molecule has 0 saturated heterocycles. The molecule has 0 atom stereocenters. The van der Waals surface area contributed by atoms with Gasteiger partial charge in [0.05, 0.1) is 21.9 Å². The molecule has 2 rings (SSSR count). The predicted molar refractivity (Wildman–Crippen MR) is 80.5 cm³/mol. The minimum atomic E-state index is 0.386. The van der Waals surface area contributed by atoms with E-state index >= 15 is 0 Å². The van der Waals surface area contributed by atoms with E-state index in [-0.39, 0.29) is 0 Å². The summed E-state index contributed by atoms with van der Waals surface area (Å²) in [6.45, 7) is 4.79. The molecule has 1 aromatic heterocycles. The molecule has 0 aliphatic heterocycles. The van der Waals surface area contributed by atoms with Gasteiger partial charge < -0.3 is 10.1 Å². The van der Waals surface area contributed by atoms with Gasteiger partial charge in [0, 0.05) is 24.8 Å². The zero-order chi connectivity index (χ0) is 14.5. The zero-order valence-corrected chi connectivity index (χ0v) is 12.7. The number of benzene rings is 1. The first-order valence-corrected chi connectivity index (χ1v) is 6.97. The highest BCUT2D eigenvalue weighted by Crippen LogP contribution is 2.28. The lowest BCUT2D eigenvalue weighted by Gasteiger charge is -2.09. The van der Waals surface area contributed by atoms with Crippen molar-refractivity contribution in [2.24, 2.45) is 0 Å². The number of hydrogen-bond donors (Lipinski definition) is 1. The smallest absolute Gasteiger partial charge is 0.238 e. The molecule has 0 fully saturated rings. The Labute approximate surface area is 128 Å². The van der Waals surface area contributed by atoms with Crippen molar-refractivity contribution < 1.29 is 4.74 Å². The first-order chi connectivity index (χ1) is 9.54. The van der Waals surface area contributed by atoms with E-state index in [9.17, 15) is 0 Å². The molecule has 4 nitrogen and oxygen atoms in total. The molecular formula is C14H15Cl2N3O. The van der Waals surface area contributed by atoms with Gasteiger partial charge in [0.15, 0.2) is 0 Å². The lowest BCUT2D eigenvalue weighted by atomic mass is 10.3. The Balaban J connectivity index is 2.08. The molecule has 0 spiro atoms. The van der Waals surface area contributed by atoms with Crippen LogP contribution in [0.1, 0.15) is 19.5 Å². The van der Waals surface area contributed by atoms with Crippen LogP contribution in [-0.2, 0) is 6.54 Å². The molecule has 106 valence electrons. The van der Waals surface area contributed by atoms with E-state index in [2.05, 4.69) is 29.1 Å². The van der Waals surface area contributed by atoms with E-state index in [1.165, 1.54) is 0 Å². The summed E-state index contributed by atoms with van der Waals surface area (Å²) in [6.07, 6.45) is 3.26. The van der Waals surface area contributed by atoms with Crippen LogP contribution in [0.3, 0.4) is 0 Å². The van der Waals surface area contributed by atoms with Gasteiger partial charge in [0.25, 0.3) is 0 Å². The van der Waals surface area contributed by atoms with E-state index in [1.807, 2.05) is 0 Å². The first kappa shape index (κ1) is 15.0. The van der Waals surface area contributed by atoms with E-state index in [0.717, 1.165) is 5.69 Å². The SMILES string of the molecule is CC(C)NCc1cncc(Oc2ccc(Cl)c(Cl)c2)n1. The van der Waals surface area contributed by atoms with Gasteiger partial charge in [-0.25, -0.2) is 4.98 Å². The van der Waals surface area contributed by atoms with Crippen molar-refractivity contribution >= 4 is 23.2 Å². The van der Waals surface area contributed by atoms with Crippen molar-refractivity contribution in [2.75, 3.05) is 0 Å². The van der Waals surface area contributed by atoms with Gasteiger partial charge in [-0.2, -0.15) is 0 Å². The van der Waals surface area contributed by atoms with Gasteiger partial charge in [-0.3, -0.25) is 4.98 Å². The maximum absolute atomic E-state index is 5.94. The fourth-order valence-electron chi connectivity index (χ4n) is 1.49. The molecule has 0 aliphatic rings. The maximum atomic E-state index is 5.94. The van der Waals surface area contributed by atoms with Gasteiger partial charge >= 0.3 is 0 Å². The normalized spacial score (nSPS) is 10.8. The molecule has 1 aromatic carbocycles. The Bertz CT molecular complexity index is 590. The molecule has 0 amide bonds. The fraction of sp³-hybridized carbons (Fsp3) is 0.286. The van der Waals surface area contributed by atoms with E-state index in [0.29, 0.717) is 34.3 Å². The maximum Gasteiger partial charge on any atom is 0.238 e. The number of halogens is 2. The summed E-state index contributed by atoms with van der Waals surface area (Å²) in [4.78, 5) is 8.48. The van der Waals surface area contributed by atoms with Crippen molar-refractivity contribution in [2.45, 2.75) is 26.4 Å².